The van der Waals surface area contributed by atoms with E-state index in [9.17, 15) is 0 Å². The highest BCUT2D eigenvalue weighted by Crippen LogP contribution is 2.19. The van der Waals surface area contributed by atoms with E-state index in [0.717, 1.165) is 6.61 Å². The maximum absolute atomic E-state index is 5.89. The van der Waals surface area contributed by atoms with Crippen LogP contribution in [0.25, 0.3) is 0 Å². The predicted molar refractivity (Wildman–Crippen MR) is 69.7 cm³/mol. The fourth-order valence-electron chi connectivity index (χ4n) is 1.84. The second kappa shape index (κ2) is 5.49. The van der Waals surface area contributed by atoms with Crippen LogP contribution in [0.3, 0.4) is 0 Å². The van der Waals surface area contributed by atoms with Crippen LogP contribution in [-0.4, -0.2) is 6.10 Å². The van der Waals surface area contributed by atoms with Gasteiger partial charge in [0.2, 0.25) is 0 Å². The van der Waals surface area contributed by atoms with Gasteiger partial charge in [-0.15, -0.1) is 0 Å². The number of rotatable bonds is 4. The second-order valence-electron chi connectivity index (χ2n) is 5.14. The van der Waals surface area contributed by atoms with Crippen molar-refractivity contribution in [2.45, 2.75) is 54.3 Å². The summed E-state index contributed by atoms with van der Waals surface area (Å²) in [6, 6.07) is 4.46. The summed E-state index contributed by atoms with van der Waals surface area (Å²) in [5.74, 6) is 0.575. The standard InChI is InChI=1S/C15H24O/c1-10(2)14(6)16-9-15-12(4)7-11(3)8-13(15)5/h7-8,10,14H,9H2,1-6H3. The molecule has 0 N–H and O–H groups in total. The molecule has 90 valence electrons. The Bertz CT molecular complexity index is 329. The van der Waals surface area contributed by atoms with E-state index in [1.165, 1.54) is 22.3 Å². The van der Waals surface area contributed by atoms with Crippen LogP contribution in [0.2, 0.25) is 0 Å². The summed E-state index contributed by atoms with van der Waals surface area (Å²) in [7, 11) is 0. The van der Waals surface area contributed by atoms with Crippen LogP contribution in [0.15, 0.2) is 12.1 Å². The lowest BCUT2D eigenvalue weighted by Crippen LogP contribution is -2.15. The lowest BCUT2D eigenvalue weighted by molar-refractivity contribution is 0.0230. The van der Waals surface area contributed by atoms with Gasteiger partial charge >= 0.3 is 0 Å². The van der Waals surface area contributed by atoms with E-state index in [0.29, 0.717) is 12.0 Å². The molecule has 0 heterocycles. The van der Waals surface area contributed by atoms with Gasteiger partial charge in [-0.2, -0.15) is 0 Å². The van der Waals surface area contributed by atoms with Crippen molar-refractivity contribution in [1.29, 1.82) is 0 Å². The van der Waals surface area contributed by atoms with Crippen LogP contribution in [0, 0.1) is 26.7 Å². The van der Waals surface area contributed by atoms with Crippen molar-refractivity contribution in [2.24, 2.45) is 5.92 Å². The van der Waals surface area contributed by atoms with Gasteiger partial charge in [0.1, 0.15) is 0 Å². The van der Waals surface area contributed by atoms with Gasteiger partial charge in [-0.05, 0) is 50.3 Å². The minimum absolute atomic E-state index is 0.320. The van der Waals surface area contributed by atoms with Gasteiger partial charge in [0.15, 0.2) is 0 Å². The van der Waals surface area contributed by atoms with Gasteiger partial charge < -0.3 is 4.74 Å². The molecule has 16 heavy (non-hydrogen) atoms. The molecule has 0 aliphatic carbocycles. The molecule has 0 aliphatic heterocycles. The smallest absolute Gasteiger partial charge is 0.0725 e. The molecule has 1 aromatic rings. The number of benzene rings is 1. The Morgan fingerprint density at radius 2 is 1.50 bits per heavy atom. The highest BCUT2D eigenvalue weighted by Gasteiger charge is 2.09. The van der Waals surface area contributed by atoms with Gasteiger partial charge in [0.05, 0.1) is 12.7 Å². The second-order valence-corrected chi connectivity index (χ2v) is 5.14. The van der Waals surface area contributed by atoms with Gasteiger partial charge in [-0.1, -0.05) is 31.5 Å². The minimum Gasteiger partial charge on any atom is -0.374 e. The minimum atomic E-state index is 0.320. The van der Waals surface area contributed by atoms with Gasteiger partial charge in [-0.3, -0.25) is 0 Å². The molecule has 0 saturated carbocycles. The van der Waals surface area contributed by atoms with E-state index in [-0.39, 0.29) is 0 Å². The SMILES string of the molecule is Cc1cc(C)c(COC(C)C(C)C)c(C)c1. The zero-order valence-electron chi connectivity index (χ0n) is 11.4. The van der Waals surface area contributed by atoms with E-state index in [1.807, 2.05) is 0 Å². The van der Waals surface area contributed by atoms with Crippen LogP contribution in [0.4, 0.5) is 0 Å². The summed E-state index contributed by atoms with van der Waals surface area (Å²) in [5.41, 5.74) is 5.36. The third-order valence-corrected chi connectivity index (χ3v) is 3.27. The molecule has 0 spiro atoms. The molecule has 1 atom stereocenters. The van der Waals surface area contributed by atoms with Crippen molar-refractivity contribution >= 4 is 0 Å². The quantitative estimate of drug-likeness (QED) is 0.740. The lowest BCUT2D eigenvalue weighted by atomic mass is 10.0. The Hall–Kier alpha value is -0.820. The summed E-state index contributed by atoms with van der Waals surface area (Å²) in [5, 5.41) is 0. The maximum atomic E-state index is 5.89. The zero-order chi connectivity index (χ0) is 12.3. The molecule has 1 aromatic carbocycles. The van der Waals surface area contributed by atoms with Crippen LogP contribution in [0.1, 0.15) is 43.0 Å². The molecule has 1 nitrogen and oxygen atoms in total. The summed E-state index contributed by atoms with van der Waals surface area (Å²) in [6.45, 7) is 13.7. The molecule has 1 unspecified atom stereocenters. The summed E-state index contributed by atoms with van der Waals surface area (Å²) < 4.78 is 5.89. The summed E-state index contributed by atoms with van der Waals surface area (Å²) in [4.78, 5) is 0. The molecular weight excluding hydrogens is 196 g/mol. The van der Waals surface area contributed by atoms with E-state index < -0.39 is 0 Å². The van der Waals surface area contributed by atoms with Crippen molar-refractivity contribution < 1.29 is 4.74 Å². The zero-order valence-corrected chi connectivity index (χ0v) is 11.4. The van der Waals surface area contributed by atoms with Gasteiger partial charge in [-0.25, -0.2) is 0 Å². The van der Waals surface area contributed by atoms with Crippen LogP contribution in [0.5, 0.6) is 0 Å². The molecule has 0 saturated heterocycles. The van der Waals surface area contributed by atoms with E-state index >= 15 is 0 Å². The fraction of sp³-hybridized carbons (Fsp3) is 0.600. The molecule has 0 radical (unpaired) electrons. The molecule has 1 heteroatoms. The van der Waals surface area contributed by atoms with Crippen molar-refractivity contribution in [3.63, 3.8) is 0 Å². The number of aryl methyl sites for hydroxylation is 3. The highest BCUT2D eigenvalue weighted by atomic mass is 16.5. The molecule has 1 rings (SSSR count). The topological polar surface area (TPSA) is 9.23 Å². The van der Waals surface area contributed by atoms with Crippen molar-refractivity contribution in [3.05, 3.63) is 34.4 Å². The lowest BCUT2D eigenvalue weighted by Gasteiger charge is -2.19. The molecular formula is C15H24O. The molecule has 0 aromatic heterocycles. The monoisotopic (exact) mass is 220 g/mol. The van der Waals surface area contributed by atoms with Crippen molar-refractivity contribution in [2.75, 3.05) is 0 Å². The summed E-state index contributed by atoms with van der Waals surface area (Å²) >= 11 is 0. The van der Waals surface area contributed by atoms with E-state index in [2.05, 4.69) is 53.7 Å². The average Bonchev–Trinajstić information content (AvgIpc) is 2.15. The Balaban J connectivity index is 2.74. The normalized spacial score (nSPS) is 13.2. The number of hydrogen-bond acceptors (Lipinski definition) is 1. The first kappa shape index (κ1) is 13.2. The van der Waals surface area contributed by atoms with Gasteiger partial charge in [0, 0.05) is 0 Å². The summed E-state index contributed by atoms with van der Waals surface area (Å²) in [6.07, 6.45) is 0.320. The van der Waals surface area contributed by atoms with Crippen LogP contribution < -0.4 is 0 Å². The first-order valence-corrected chi connectivity index (χ1v) is 6.10. The molecule has 0 fully saturated rings. The third-order valence-electron chi connectivity index (χ3n) is 3.27. The number of ether oxygens (including phenoxy) is 1. The number of hydrogen-bond donors (Lipinski definition) is 0. The highest BCUT2D eigenvalue weighted by molar-refractivity contribution is 5.36. The largest absolute Gasteiger partial charge is 0.374 e. The Morgan fingerprint density at radius 3 is 1.94 bits per heavy atom. The van der Waals surface area contributed by atoms with E-state index in [4.69, 9.17) is 4.74 Å². The van der Waals surface area contributed by atoms with E-state index in [1.54, 1.807) is 0 Å². The molecule has 0 aliphatic rings. The maximum Gasteiger partial charge on any atom is 0.0725 e. The van der Waals surface area contributed by atoms with Crippen molar-refractivity contribution in [1.82, 2.24) is 0 Å². The Morgan fingerprint density at radius 1 is 1.00 bits per heavy atom. The Labute approximate surface area is 99.8 Å². The van der Waals surface area contributed by atoms with Gasteiger partial charge in [0.25, 0.3) is 0 Å². The molecule has 0 bridgehead atoms. The average molecular weight is 220 g/mol. The molecule has 0 amide bonds. The van der Waals surface area contributed by atoms with Crippen LogP contribution in [-0.2, 0) is 11.3 Å². The fourth-order valence-corrected chi connectivity index (χ4v) is 1.84. The first-order valence-electron chi connectivity index (χ1n) is 6.10. The first-order chi connectivity index (χ1) is 7.41. The van der Waals surface area contributed by atoms with Crippen LogP contribution >= 0.6 is 0 Å². The Kier molecular flexibility index (Phi) is 4.55. The van der Waals surface area contributed by atoms with Crippen molar-refractivity contribution in [3.8, 4) is 0 Å². The predicted octanol–water partition coefficient (Wildman–Crippen LogP) is 4.17. The third kappa shape index (κ3) is 3.34.